The number of aromatic nitrogens is 1. The monoisotopic (exact) mass is 351 g/mol. The van der Waals surface area contributed by atoms with E-state index in [1.807, 2.05) is 25.1 Å². The number of pyridine rings is 1. The first-order chi connectivity index (χ1) is 12.7. The number of aryl methyl sites for hydroxylation is 1. The molecule has 0 saturated carbocycles. The Kier molecular flexibility index (Phi) is 5.62. The molecule has 0 unspecified atom stereocenters. The highest BCUT2D eigenvalue weighted by Crippen LogP contribution is 2.39. The fourth-order valence-corrected chi connectivity index (χ4v) is 3.65. The van der Waals surface area contributed by atoms with Crippen molar-refractivity contribution in [3.05, 3.63) is 35.0 Å². The third-order valence-corrected chi connectivity index (χ3v) is 4.87. The Morgan fingerprint density at radius 1 is 1.15 bits per heavy atom. The molecule has 5 nitrogen and oxygen atoms in total. The molecule has 1 aromatic carbocycles. The minimum absolute atomic E-state index is 0.315. The lowest BCUT2D eigenvalue weighted by Gasteiger charge is -2.20. The Balaban J connectivity index is 2.21. The third kappa shape index (κ3) is 3.45. The first-order valence-corrected chi connectivity index (χ1v) is 9.22. The number of nitrogen functional groups attached to an aromatic ring is 1. The van der Waals surface area contributed by atoms with E-state index >= 15 is 0 Å². The van der Waals surface area contributed by atoms with E-state index < -0.39 is 0 Å². The number of fused-ring (bicyclic) bond motifs is 1. The van der Waals surface area contributed by atoms with Crippen LogP contribution < -0.4 is 15.2 Å². The van der Waals surface area contributed by atoms with E-state index in [-0.39, 0.29) is 0 Å². The highest BCUT2D eigenvalue weighted by Gasteiger charge is 2.21. The topological polar surface area (TPSA) is 81.2 Å². The van der Waals surface area contributed by atoms with Crippen LogP contribution >= 0.6 is 0 Å². The van der Waals surface area contributed by atoms with E-state index in [2.05, 4.69) is 11.1 Å². The van der Waals surface area contributed by atoms with Crippen molar-refractivity contribution in [1.82, 2.24) is 4.98 Å². The van der Waals surface area contributed by atoms with Crippen LogP contribution in [0.1, 0.15) is 49.4 Å². The van der Waals surface area contributed by atoms with Crippen LogP contribution in [-0.4, -0.2) is 18.7 Å². The summed E-state index contributed by atoms with van der Waals surface area (Å²) in [6.07, 6.45) is 6.46. The first kappa shape index (κ1) is 18.1. The van der Waals surface area contributed by atoms with Gasteiger partial charge in [0.05, 0.1) is 13.7 Å². The highest BCUT2D eigenvalue weighted by atomic mass is 16.5. The maximum Gasteiger partial charge on any atom is 0.161 e. The molecule has 0 aliphatic heterocycles. The number of nitriles is 1. The van der Waals surface area contributed by atoms with Crippen molar-refractivity contribution in [3.63, 3.8) is 0 Å². The SMILES string of the molecule is CCOc1ccc(-c2c(C#N)c(N)nc3c2CCCCCC3)cc1OC. The molecular formula is C21H25N3O2. The molecular weight excluding hydrogens is 326 g/mol. The van der Waals surface area contributed by atoms with Crippen LogP contribution in [0, 0.1) is 11.3 Å². The van der Waals surface area contributed by atoms with Crippen molar-refractivity contribution in [1.29, 1.82) is 5.26 Å². The first-order valence-electron chi connectivity index (χ1n) is 9.22. The second kappa shape index (κ2) is 8.09. The van der Waals surface area contributed by atoms with Crippen LogP contribution in [0.3, 0.4) is 0 Å². The van der Waals surface area contributed by atoms with Gasteiger partial charge >= 0.3 is 0 Å². The summed E-state index contributed by atoms with van der Waals surface area (Å²) in [5.74, 6) is 1.67. The molecule has 0 bridgehead atoms. The van der Waals surface area contributed by atoms with Gasteiger partial charge < -0.3 is 15.2 Å². The number of hydrogen-bond donors (Lipinski definition) is 1. The number of benzene rings is 1. The van der Waals surface area contributed by atoms with Crippen LogP contribution in [0.2, 0.25) is 0 Å². The molecule has 26 heavy (non-hydrogen) atoms. The molecule has 0 radical (unpaired) electrons. The minimum atomic E-state index is 0.315. The van der Waals surface area contributed by atoms with Gasteiger partial charge in [-0.1, -0.05) is 18.9 Å². The van der Waals surface area contributed by atoms with Crippen molar-refractivity contribution in [2.75, 3.05) is 19.5 Å². The van der Waals surface area contributed by atoms with Gasteiger partial charge in [-0.25, -0.2) is 4.98 Å². The standard InChI is InChI=1S/C21H25N3O2/c1-3-26-18-11-10-14(12-19(18)25-2)20-15-8-6-4-5-7-9-17(15)24-21(23)16(20)13-22/h10-12H,3-9H2,1-2H3,(H2,23,24). The Bertz CT molecular complexity index is 840. The number of methoxy groups -OCH3 is 1. The summed E-state index contributed by atoms with van der Waals surface area (Å²) in [7, 11) is 1.62. The summed E-state index contributed by atoms with van der Waals surface area (Å²) in [6.45, 7) is 2.50. The smallest absolute Gasteiger partial charge is 0.161 e. The van der Waals surface area contributed by atoms with E-state index in [1.54, 1.807) is 7.11 Å². The average molecular weight is 351 g/mol. The molecule has 0 atom stereocenters. The predicted molar refractivity (Wildman–Crippen MR) is 102 cm³/mol. The lowest BCUT2D eigenvalue weighted by Crippen LogP contribution is -2.10. The van der Waals surface area contributed by atoms with E-state index in [4.69, 9.17) is 15.2 Å². The minimum Gasteiger partial charge on any atom is -0.493 e. The van der Waals surface area contributed by atoms with E-state index in [0.29, 0.717) is 29.5 Å². The lowest BCUT2D eigenvalue weighted by atomic mass is 9.88. The van der Waals surface area contributed by atoms with Gasteiger partial charge in [0.1, 0.15) is 17.5 Å². The molecule has 0 amide bonds. The number of nitrogens with zero attached hydrogens (tertiary/aromatic N) is 2. The molecule has 2 N–H and O–H groups in total. The number of anilines is 1. The van der Waals surface area contributed by atoms with Gasteiger partial charge in [0.15, 0.2) is 11.5 Å². The molecule has 1 aliphatic carbocycles. The van der Waals surface area contributed by atoms with E-state index in [1.165, 1.54) is 12.8 Å². The summed E-state index contributed by atoms with van der Waals surface area (Å²) in [5, 5.41) is 9.73. The zero-order chi connectivity index (χ0) is 18.5. The summed E-state index contributed by atoms with van der Waals surface area (Å²) in [6, 6.07) is 8.06. The second-order valence-corrected chi connectivity index (χ2v) is 6.50. The molecule has 1 aliphatic rings. The van der Waals surface area contributed by atoms with Gasteiger partial charge in [-0.2, -0.15) is 5.26 Å². The average Bonchev–Trinajstić information content (AvgIpc) is 2.63. The molecule has 1 aromatic heterocycles. The van der Waals surface area contributed by atoms with Crippen LogP contribution in [0.15, 0.2) is 18.2 Å². The van der Waals surface area contributed by atoms with Crippen LogP contribution in [0.5, 0.6) is 11.5 Å². The van der Waals surface area contributed by atoms with Gasteiger partial charge in [-0.15, -0.1) is 0 Å². The number of ether oxygens (including phenoxy) is 2. The third-order valence-electron chi connectivity index (χ3n) is 4.87. The van der Waals surface area contributed by atoms with Crippen molar-refractivity contribution in [2.45, 2.75) is 45.4 Å². The van der Waals surface area contributed by atoms with Gasteiger partial charge in [0.25, 0.3) is 0 Å². The summed E-state index contributed by atoms with van der Waals surface area (Å²) < 4.78 is 11.1. The molecule has 2 aromatic rings. The maximum atomic E-state index is 9.73. The largest absolute Gasteiger partial charge is 0.493 e. The number of hydrogen-bond acceptors (Lipinski definition) is 5. The fourth-order valence-electron chi connectivity index (χ4n) is 3.65. The Morgan fingerprint density at radius 3 is 2.62 bits per heavy atom. The second-order valence-electron chi connectivity index (χ2n) is 6.50. The van der Waals surface area contributed by atoms with Crippen molar-refractivity contribution in [2.24, 2.45) is 0 Å². The van der Waals surface area contributed by atoms with Gasteiger partial charge in [-0.3, -0.25) is 0 Å². The quantitative estimate of drug-likeness (QED) is 0.889. The highest BCUT2D eigenvalue weighted by molar-refractivity contribution is 5.80. The molecule has 0 spiro atoms. The summed E-state index contributed by atoms with van der Waals surface area (Å²) in [5.41, 5.74) is 10.6. The maximum absolute atomic E-state index is 9.73. The van der Waals surface area contributed by atoms with Crippen molar-refractivity contribution < 1.29 is 9.47 Å². The molecule has 0 fully saturated rings. The Labute approximate surface area is 154 Å². The summed E-state index contributed by atoms with van der Waals surface area (Å²) >= 11 is 0. The fraction of sp³-hybridized carbons (Fsp3) is 0.429. The Hall–Kier alpha value is -2.74. The van der Waals surface area contributed by atoms with Gasteiger partial charge in [0, 0.05) is 11.3 Å². The molecule has 136 valence electrons. The van der Waals surface area contributed by atoms with Crippen LogP contribution in [0.4, 0.5) is 5.82 Å². The van der Waals surface area contributed by atoms with Gasteiger partial charge in [0.2, 0.25) is 0 Å². The predicted octanol–water partition coefficient (Wildman–Crippen LogP) is 4.27. The molecule has 3 rings (SSSR count). The summed E-state index contributed by atoms with van der Waals surface area (Å²) in [4.78, 5) is 4.56. The molecule has 0 saturated heterocycles. The molecule has 5 heteroatoms. The Morgan fingerprint density at radius 2 is 1.92 bits per heavy atom. The lowest BCUT2D eigenvalue weighted by molar-refractivity contribution is 0.311. The van der Waals surface area contributed by atoms with E-state index in [0.717, 1.165) is 48.1 Å². The van der Waals surface area contributed by atoms with Crippen molar-refractivity contribution >= 4 is 5.82 Å². The zero-order valence-corrected chi connectivity index (χ0v) is 15.5. The normalized spacial score (nSPS) is 13.9. The van der Waals surface area contributed by atoms with Crippen LogP contribution in [0.25, 0.3) is 11.1 Å². The number of nitrogens with two attached hydrogens (primary N) is 1. The molecule has 1 heterocycles. The number of rotatable bonds is 4. The van der Waals surface area contributed by atoms with Crippen LogP contribution in [-0.2, 0) is 12.8 Å². The van der Waals surface area contributed by atoms with Gasteiger partial charge in [-0.05, 0) is 55.9 Å². The zero-order valence-electron chi connectivity index (χ0n) is 15.5. The van der Waals surface area contributed by atoms with Crippen molar-refractivity contribution in [3.8, 4) is 28.7 Å². The van der Waals surface area contributed by atoms with E-state index in [9.17, 15) is 5.26 Å².